The van der Waals surface area contributed by atoms with Gasteiger partial charge in [0.1, 0.15) is 11.8 Å². The fourth-order valence-corrected chi connectivity index (χ4v) is 2.88. The first kappa shape index (κ1) is 13.3. The fraction of sp³-hybridized carbons (Fsp3) is 0.286. The molecule has 3 N–H and O–H groups in total. The zero-order chi connectivity index (χ0) is 13.3. The number of halogens is 1. The molecular weight excluding hydrogens is 292 g/mol. The molecule has 0 fully saturated rings. The molecule has 0 amide bonds. The van der Waals surface area contributed by atoms with Gasteiger partial charge in [0.25, 0.3) is 0 Å². The molecule has 0 aliphatic heterocycles. The summed E-state index contributed by atoms with van der Waals surface area (Å²) in [5, 5.41) is 0. The lowest BCUT2D eigenvalue weighted by Crippen LogP contribution is -2.30. The van der Waals surface area contributed by atoms with Crippen LogP contribution in [-0.4, -0.2) is 0 Å². The van der Waals surface area contributed by atoms with Gasteiger partial charge in [-0.3, -0.25) is 5.84 Å². The van der Waals surface area contributed by atoms with Crippen molar-refractivity contribution in [2.75, 3.05) is 0 Å². The van der Waals surface area contributed by atoms with E-state index in [1.807, 2.05) is 6.07 Å². The highest BCUT2D eigenvalue weighted by Crippen LogP contribution is 2.32. The van der Waals surface area contributed by atoms with Crippen LogP contribution < -0.4 is 11.3 Å². The third kappa shape index (κ3) is 2.36. The molecule has 1 aromatic carbocycles. The average molecular weight is 309 g/mol. The van der Waals surface area contributed by atoms with Crippen LogP contribution >= 0.6 is 15.9 Å². The van der Waals surface area contributed by atoms with Crippen molar-refractivity contribution in [3.63, 3.8) is 0 Å². The number of rotatable bonds is 3. The number of furan rings is 1. The second-order valence-electron chi connectivity index (χ2n) is 4.54. The van der Waals surface area contributed by atoms with Gasteiger partial charge in [-0.2, -0.15) is 0 Å². The van der Waals surface area contributed by atoms with E-state index in [0.717, 1.165) is 10.2 Å². The van der Waals surface area contributed by atoms with E-state index in [0.29, 0.717) is 0 Å². The molecule has 1 aromatic heterocycles. The Kier molecular flexibility index (Phi) is 3.90. The maximum atomic E-state index is 5.71. The number of nitrogens with one attached hydrogen (secondary N) is 1. The van der Waals surface area contributed by atoms with E-state index in [1.54, 1.807) is 6.26 Å². The molecule has 0 saturated carbocycles. The van der Waals surface area contributed by atoms with Gasteiger partial charge < -0.3 is 4.42 Å². The Balaban J connectivity index is 2.56. The van der Waals surface area contributed by atoms with Crippen molar-refractivity contribution >= 4 is 15.9 Å². The van der Waals surface area contributed by atoms with E-state index in [9.17, 15) is 0 Å². The lowest BCUT2D eigenvalue weighted by molar-refractivity contribution is 0.448. The van der Waals surface area contributed by atoms with Crippen molar-refractivity contribution in [2.45, 2.75) is 26.8 Å². The molecule has 2 aromatic rings. The molecule has 18 heavy (non-hydrogen) atoms. The highest BCUT2D eigenvalue weighted by Gasteiger charge is 2.22. The van der Waals surface area contributed by atoms with E-state index in [4.69, 9.17) is 10.3 Å². The standard InChI is InChI=1S/C14H17BrN2O/c1-8-6-9(2)12(10(3)7-8)13(17-16)14-11(15)4-5-18-14/h4-7,13,17H,16H2,1-3H3. The minimum atomic E-state index is -0.144. The van der Waals surface area contributed by atoms with Gasteiger partial charge in [0.2, 0.25) is 0 Å². The van der Waals surface area contributed by atoms with Gasteiger partial charge in [-0.1, -0.05) is 17.7 Å². The summed E-state index contributed by atoms with van der Waals surface area (Å²) in [4.78, 5) is 0. The Hall–Kier alpha value is -1.10. The highest BCUT2D eigenvalue weighted by atomic mass is 79.9. The number of nitrogens with two attached hydrogens (primary N) is 1. The monoisotopic (exact) mass is 308 g/mol. The molecule has 1 atom stereocenters. The van der Waals surface area contributed by atoms with Crippen LogP contribution in [0.3, 0.4) is 0 Å². The predicted molar refractivity (Wildman–Crippen MR) is 76.2 cm³/mol. The summed E-state index contributed by atoms with van der Waals surface area (Å²) in [6.45, 7) is 6.28. The van der Waals surface area contributed by atoms with Gasteiger partial charge in [-0.15, -0.1) is 0 Å². The summed E-state index contributed by atoms with van der Waals surface area (Å²) in [7, 11) is 0. The lowest BCUT2D eigenvalue weighted by atomic mass is 9.93. The fourth-order valence-electron chi connectivity index (χ4n) is 2.45. The van der Waals surface area contributed by atoms with Crippen LogP contribution in [0.1, 0.15) is 34.1 Å². The van der Waals surface area contributed by atoms with E-state index >= 15 is 0 Å². The van der Waals surface area contributed by atoms with E-state index < -0.39 is 0 Å². The third-order valence-corrected chi connectivity index (χ3v) is 3.76. The Morgan fingerprint density at radius 1 is 1.22 bits per heavy atom. The number of hydrazine groups is 1. The summed E-state index contributed by atoms with van der Waals surface area (Å²) in [6.07, 6.45) is 1.66. The molecular formula is C14H17BrN2O. The van der Waals surface area contributed by atoms with E-state index in [2.05, 4.69) is 54.3 Å². The van der Waals surface area contributed by atoms with Crippen LogP contribution in [-0.2, 0) is 0 Å². The van der Waals surface area contributed by atoms with Gasteiger partial charge in [0.05, 0.1) is 10.7 Å². The quantitative estimate of drug-likeness (QED) is 0.674. The summed E-state index contributed by atoms with van der Waals surface area (Å²) >= 11 is 3.48. The maximum absolute atomic E-state index is 5.71. The lowest BCUT2D eigenvalue weighted by Gasteiger charge is -2.20. The molecule has 0 aliphatic rings. The van der Waals surface area contributed by atoms with Crippen molar-refractivity contribution < 1.29 is 4.42 Å². The van der Waals surface area contributed by atoms with Gasteiger partial charge >= 0.3 is 0 Å². The number of hydrogen-bond donors (Lipinski definition) is 2. The number of benzene rings is 1. The molecule has 0 saturated heterocycles. The minimum absolute atomic E-state index is 0.144. The Labute approximate surface area is 115 Å². The molecule has 0 radical (unpaired) electrons. The molecule has 96 valence electrons. The number of aryl methyl sites for hydroxylation is 3. The average Bonchev–Trinajstić information content (AvgIpc) is 2.69. The molecule has 0 bridgehead atoms. The van der Waals surface area contributed by atoms with Crippen molar-refractivity contribution in [2.24, 2.45) is 5.84 Å². The number of hydrogen-bond acceptors (Lipinski definition) is 3. The van der Waals surface area contributed by atoms with Crippen molar-refractivity contribution in [3.8, 4) is 0 Å². The first-order chi connectivity index (χ1) is 8.54. The minimum Gasteiger partial charge on any atom is -0.466 e. The van der Waals surface area contributed by atoms with Crippen LogP contribution in [0.4, 0.5) is 0 Å². The van der Waals surface area contributed by atoms with Crippen LogP contribution in [0.25, 0.3) is 0 Å². The molecule has 4 heteroatoms. The van der Waals surface area contributed by atoms with E-state index in [-0.39, 0.29) is 6.04 Å². The Morgan fingerprint density at radius 2 is 1.83 bits per heavy atom. The zero-order valence-corrected chi connectivity index (χ0v) is 12.3. The molecule has 0 spiro atoms. The van der Waals surface area contributed by atoms with Crippen LogP contribution in [0.15, 0.2) is 33.4 Å². The van der Waals surface area contributed by atoms with Gasteiger partial charge in [0.15, 0.2) is 0 Å². The molecule has 1 unspecified atom stereocenters. The summed E-state index contributed by atoms with van der Waals surface area (Å²) in [5.41, 5.74) is 7.67. The van der Waals surface area contributed by atoms with Crippen molar-refractivity contribution in [1.29, 1.82) is 0 Å². The van der Waals surface area contributed by atoms with Crippen LogP contribution in [0.2, 0.25) is 0 Å². The largest absolute Gasteiger partial charge is 0.466 e. The van der Waals surface area contributed by atoms with Gasteiger partial charge in [-0.25, -0.2) is 5.43 Å². The van der Waals surface area contributed by atoms with Crippen LogP contribution in [0, 0.1) is 20.8 Å². The topological polar surface area (TPSA) is 51.2 Å². The Bertz CT molecular complexity index is 540. The van der Waals surface area contributed by atoms with Crippen molar-refractivity contribution in [1.82, 2.24) is 5.43 Å². The maximum Gasteiger partial charge on any atom is 0.140 e. The van der Waals surface area contributed by atoms with E-state index in [1.165, 1.54) is 22.3 Å². The first-order valence-corrected chi connectivity index (χ1v) is 6.60. The Morgan fingerprint density at radius 3 is 2.28 bits per heavy atom. The SMILES string of the molecule is Cc1cc(C)c(C(NN)c2occc2Br)c(C)c1. The first-order valence-electron chi connectivity index (χ1n) is 5.81. The van der Waals surface area contributed by atoms with Crippen molar-refractivity contribution in [3.05, 3.63) is 56.9 Å². The zero-order valence-electron chi connectivity index (χ0n) is 10.8. The van der Waals surface area contributed by atoms with Crippen LogP contribution in [0.5, 0.6) is 0 Å². The molecule has 1 heterocycles. The second-order valence-corrected chi connectivity index (χ2v) is 5.40. The highest BCUT2D eigenvalue weighted by molar-refractivity contribution is 9.10. The normalized spacial score (nSPS) is 12.7. The predicted octanol–water partition coefficient (Wildman–Crippen LogP) is 3.52. The third-order valence-electron chi connectivity index (χ3n) is 3.10. The summed E-state index contributed by atoms with van der Waals surface area (Å²) < 4.78 is 6.44. The molecule has 3 nitrogen and oxygen atoms in total. The molecule has 2 rings (SSSR count). The summed E-state index contributed by atoms with van der Waals surface area (Å²) in [5.74, 6) is 6.51. The van der Waals surface area contributed by atoms with Gasteiger partial charge in [-0.05, 0) is 59.5 Å². The second kappa shape index (κ2) is 5.26. The smallest absolute Gasteiger partial charge is 0.140 e. The molecule has 0 aliphatic carbocycles. The van der Waals surface area contributed by atoms with Gasteiger partial charge in [0, 0.05) is 0 Å². The summed E-state index contributed by atoms with van der Waals surface area (Å²) in [6, 6.07) is 6.04.